The Morgan fingerprint density at radius 1 is 1.52 bits per heavy atom. The van der Waals surface area contributed by atoms with Gasteiger partial charge in [-0.1, -0.05) is 0 Å². The fourth-order valence-electron chi connectivity index (χ4n) is 3.07. The van der Waals surface area contributed by atoms with Gasteiger partial charge in [0.15, 0.2) is 5.84 Å². The number of likely N-dealkylation sites (N-methyl/N-ethyl adjacent to an activating group) is 1. The van der Waals surface area contributed by atoms with Crippen LogP contribution in [0.1, 0.15) is 23.3 Å². The number of amides is 3. The molecule has 2 atom stereocenters. The van der Waals surface area contributed by atoms with Crippen LogP contribution in [0.25, 0.3) is 0 Å². The number of carbonyl (C=O) groups is 2. The van der Waals surface area contributed by atoms with Crippen molar-refractivity contribution >= 4 is 18.0 Å². The number of aliphatic imine (C=N–C) groups is 1. The van der Waals surface area contributed by atoms with E-state index >= 15 is 0 Å². The van der Waals surface area contributed by atoms with E-state index in [1.165, 1.54) is 12.5 Å². The van der Waals surface area contributed by atoms with Gasteiger partial charge in [0.25, 0.3) is 0 Å². The van der Waals surface area contributed by atoms with E-state index in [2.05, 4.69) is 20.4 Å². The zero-order valence-electron chi connectivity index (χ0n) is 12.8. The predicted molar refractivity (Wildman–Crippen MR) is 76.5 cm³/mol. The van der Waals surface area contributed by atoms with Crippen LogP contribution in [0.2, 0.25) is 0 Å². The summed E-state index contributed by atoms with van der Waals surface area (Å²) in [4.78, 5) is 35.5. The third-order valence-electron chi connectivity index (χ3n) is 4.17. The molecule has 0 radical (unpaired) electrons. The van der Waals surface area contributed by atoms with Crippen LogP contribution in [0.15, 0.2) is 11.2 Å². The van der Waals surface area contributed by atoms with E-state index in [-0.39, 0.29) is 17.9 Å². The maximum absolute atomic E-state index is 12.5. The van der Waals surface area contributed by atoms with E-state index in [0.29, 0.717) is 6.54 Å². The first-order valence-corrected chi connectivity index (χ1v) is 6.88. The summed E-state index contributed by atoms with van der Waals surface area (Å²) in [7, 11) is 5.02. The van der Waals surface area contributed by atoms with Gasteiger partial charge in [-0.25, -0.2) is 20.5 Å². The average molecular weight is 323 g/mol. The van der Waals surface area contributed by atoms with Crippen molar-refractivity contribution in [2.75, 3.05) is 20.6 Å². The molecule has 0 spiro atoms. The molecule has 3 amide bonds. The fourth-order valence-corrected chi connectivity index (χ4v) is 3.07. The number of nitrogens with zero attached hydrogens (tertiary/aromatic N) is 5. The van der Waals surface area contributed by atoms with Gasteiger partial charge < -0.3 is 14.6 Å². The Morgan fingerprint density at radius 3 is 2.91 bits per heavy atom. The number of hydroxylamine groups is 2. The zero-order chi connectivity index (χ0) is 16.7. The first kappa shape index (κ1) is 15.1. The number of hydrogen-bond acceptors (Lipinski definition) is 6. The molecule has 1 saturated heterocycles. The highest BCUT2D eigenvalue weighted by molar-refractivity contribution is 5.94. The molecule has 0 aliphatic carbocycles. The number of carbonyl (C=O) groups excluding carboxylic acids is 2. The Balaban J connectivity index is 1.99. The minimum absolute atomic E-state index is 0.0674. The number of fused-ring (bicyclic) bond motifs is 4. The van der Waals surface area contributed by atoms with Crippen LogP contribution in [-0.2, 0) is 11.9 Å². The molecule has 0 aromatic carbocycles. The van der Waals surface area contributed by atoms with Crippen molar-refractivity contribution in [2.45, 2.75) is 12.1 Å². The van der Waals surface area contributed by atoms with Crippen molar-refractivity contribution in [3.8, 4) is 0 Å². The highest BCUT2D eigenvalue weighted by Crippen LogP contribution is 2.42. The highest BCUT2D eigenvalue weighted by atomic mass is 16.7. The third-order valence-corrected chi connectivity index (χ3v) is 4.17. The lowest BCUT2D eigenvalue weighted by Gasteiger charge is -2.32. The molecular formula is C12H17N7O4. The van der Waals surface area contributed by atoms with Gasteiger partial charge >= 0.3 is 12.1 Å². The Labute approximate surface area is 131 Å². The molecule has 3 rings (SSSR count). The van der Waals surface area contributed by atoms with Crippen LogP contribution in [0.5, 0.6) is 0 Å². The normalized spacial score (nSPS) is 23.0. The number of amidine groups is 1. The standard InChI is InChI=1S/C12H17N7O4/c1-13-10(16-23-11(20)15-22)9-8-6(4-14-18(8)3)7-5-19(9)12(21)17(7)2/h4,7,9,22H,5H2,1-3H3,(H,13,16)(H,15,20)/t7-,9-/m0/s1. The Hall–Kier alpha value is -2.82. The minimum atomic E-state index is -1.09. The van der Waals surface area contributed by atoms with E-state index in [1.54, 1.807) is 34.8 Å². The van der Waals surface area contributed by atoms with Crippen molar-refractivity contribution in [1.82, 2.24) is 30.5 Å². The molecule has 124 valence electrons. The summed E-state index contributed by atoms with van der Waals surface area (Å²) in [6.45, 7) is 0.492. The number of aryl methyl sites for hydroxylation is 1. The van der Waals surface area contributed by atoms with Crippen LogP contribution in [0.3, 0.4) is 0 Å². The summed E-state index contributed by atoms with van der Waals surface area (Å²) in [5.74, 6) is 0.251. The second kappa shape index (κ2) is 5.43. The topological polar surface area (TPSA) is 124 Å². The summed E-state index contributed by atoms with van der Waals surface area (Å²) in [6, 6.07) is -0.782. The van der Waals surface area contributed by atoms with E-state index in [4.69, 9.17) is 5.21 Å². The number of hydrogen-bond donors (Lipinski definition) is 3. The first-order chi connectivity index (χ1) is 11.0. The molecule has 1 fully saturated rings. The van der Waals surface area contributed by atoms with Crippen molar-refractivity contribution in [3.63, 3.8) is 0 Å². The lowest BCUT2D eigenvalue weighted by atomic mass is 9.97. The van der Waals surface area contributed by atoms with E-state index in [0.717, 1.165) is 11.3 Å². The van der Waals surface area contributed by atoms with Crippen LogP contribution in [-0.4, -0.2) is 63.4 Å². The zero-order valence-corrected chi connectivity index (χ0v) is 12.8. The molecule has 23 heavy (non-hydrogen) atoms. The minimum Gasteiger partial charge on any atom is -0.321 e. The van der Waals surface area contributed by atoms with Crippen molar-refractivity contribution in [1.29, 1.82) is 0 Å². The van der Waals surface area contributed by atoms with E-state index < -0.39 is 12.1 Å². The van der Waals surface area contributed by atoms with Crippen molar-refractivity contribution < 1.29 is 19.6 Å². The summed E-state index contributed by atoms with van der Waals surface area (Å²) < 4.78 is 1.67. The van der Waals surface area contributed by atoms with Gasteiger partial charge in [0.1, 0.15) is 6.04 Å². The Kier molecular flexibility index (Phi) is 3.56. The maximum Gasteiger partial charge on any atom is 0.455 e. The summed E-state index contributed by atoms with van der Waals surface area (Å²) in [6.07, 6.45) is 0.642. The van der Waals surface area contributed by atoms with Gasteiger partial charge in [-0.05, 0) is 0 Å². The number of urea groups is 1. The maximum atomic E-state index is 12.5. The Bertz CT molecular complexity index is 685. The summed E-state index contributed by atoms with van der Waals surface area (Å²) in [5.41, 5.74) is 5.45. The van der Waals surface area contributed by atoms with E-state index in [1.807, 2.05) is 0 Å². The molecule has 11 heteroatoms. The van der Waals surface area contributed by atoms with Crippen LogP contribution >= 0.6 is 0 Å². The lowest BCUT2D eigenvalue weighted by Crippen LogP contribution is -2.45. The molecule has 1 aromatic rings. The molecule has 2 bridgehead atoms. The van der Waals surface area contributed by atoms with Crippen LogP contribution in [0, 0.1) is 0 Å². The second-order valence-corrected chi connectivity index (χ2v) is 5.29. The fraction of sp³-hybridized carbons (Fsp3) is 0.500. The second-order valence-electron chi connectivity index (χ2n) is 5.29. The average Bonchev–Trinajstić information content (AvgIpc) is 3.05. The van der Waals surface area contributed by atoms with Gasteiger partial charge in [0.05, 0.1) is 17.9 Å². The Morgan fingerprint density at radius 2 is 2.26 bits per heavy atom. The molecule has 1 aromatic heterocycles. The highest BCUT2D eigenvalue weighted by Gasteiger charge is 2.49. The lowest BCUT2D eigenvalue weighted by molar-refractivity contribution is 0.0682. The van der Waals surface area contributed by atoms with E-state index in [9.17, 15) is 9.59 Å². The van der Waals surface area contributed by atoms with Gasteiger partial charge in [-0.2, -0.15) is 5.10 Å². The molecule has 3 N–H and O–H groups in total. The molecule has 11 nitrogen and oxygen atoms in total. The van der Waals surface area contributed by atoms with Gasteiger partial charge in [0, 0.05) is 33.3 Å². The van der Waals surface area contributed by atoms with Gasteiger partial charge in [0.2, 0.25) is 0 Å². The number of rotatable bonds is 1. The summed E-state index contributed by atoms with van der Waals surface area (Å²) in [5, 5.41) is 12.8. The van der Waals surface area contributed by atoms with Crippen LogP contribution in [0.4, 0.5) is 9.59 Å². The quantitative estimate of drug-likeness (QED) is 0.278. The molecule has 2 aliphatic heterocycles. The largest absolute Gasteiger partial charge is 0.455 e. The molecular weight excluding hydrogens is 306 g/mol. The van der Waals surface area contributed by atoms with Gasteiger partial charge in [-0.3, -0.25) is 14.9 Å². The first-order valence-electron chi connectivity index (χ1n) is 6.88. The predicted octanol–water partition coefficient (Wildman–Crippen LogP) is -0.468. The summed E-state index contributed by atoms with van der Waals surface area (Å²) >= 11 is 0. The molecule has 0 saturated carbocycles. The molecule has 2 aliphatic rings. The number of aromatic nitrogens is 2. The third kappa shape index (κ3) is 2.16. The SMILES string of the molecule is CN=C(NOC(=O)NO)[C@@H]1c2c(cnn2C)[C@@H]2CN1C(=O)N2C. The van der Waals surface area contributed by atoms with Gasteiger partial charge in [-0.15, -0.1) is 0 Å². The molecule has 3 heterocycles. The molecule has 0 unspecified atom stereocenters. The van der Waals surface area contributed by atoms with Crippen molar-refractivity contribution in [2.24, 2.45) is 12.0 Å². The number of nitrogens with one attached hydrogen (secondary N) is 2. The van der Waals surface area contributed by atoms with Crippen LogP contribution < -0.4 is 11.0 Å². The van der Waals surface area contributed by atoms with Crippen molar-refractivity contribution in [3.05, 3.63) is 17.5 Å². The monoisotopic (exact) mass is 323 g/mol. The smallest absolute Gasteiger partial charge is 0.321 e.